The third-order valence-electron chi connectivity index (χ3n) is 4.78. The smallest absolute Gasteiger partial charge is 0.255 e. The molecule has 0 fully saturated rings. The fraction of sp³-hybridized carbons (Fsp3) is 0.130. The number of ketones is 1. The number of aromatic nitrogens is 3. The van der Waals surface area contributed by atoms with E-state index in [0.29, 0.717) is 28.9 Å². The summed E-state index contributed by atoms with van der Waals surface area (Å²) in [6, 6.07) is 20.4. The number of anilines is 1. The summed E-state index contributed by atoms with van der Waals surface area (Å²) >= 11 is 0. The van der Waals surface area contributed by atoms with Gasteiger partial charge in [-0.05, 0) is 61.9 Å². The molecule has 0 saturated carbocycles. The van der Waals surface area contributed by atoms with Crippen molar-refractivity contribution in [3.63, 3.8) is 0 Å². The van der Waals surface area contributed by atoms with E-state index in [-0.39, 0.29) is 11.7 Å². The van der Waals surface area contributed by atoms with Gasteiger partial charge < -0.3 is 5.32 Å². The summed E-state index contributed by atoms with van der Waals surface area (Å²) in [5.74, 6) is -0.252. The van der Waals surface area contributed by atoms with Gasteiger partial charge in [-0.3, -0.25) is 9.59 Å². The first-order valence-electron chi connectivity index (χ1n) is 9.31. The molecule has 6 heteroatoms. The van der Waals surface area contributed by atoms with E-state index in [1.807, 2.05) is 10.7 Å². The van der Waals surface area contributed by atoms with Crippen LogP contribution in [-0.4, -0.2) is 26.7 Å². The molecular formula is C23H20N4O2. The number of nitrogens with zero attached hydrogens (tertiary/aromatic N) is 3. The predicted octanol–water partition coefficient (Wildman–Crippen LogP) is 4.24. The van der Waals surface area contributed by atoms with Crippen molar-refractivity contribution in [2.75, 3.05) is 5.32 Å². The van der Waals surface area contributed by atoms with Crippen molar-refractivity contribution in [2.24, 2.45) is 0 Å². The maximum atomic E-state index is 12.6. The Morgan fingerprint density at radius 3 is 2.31 bits per heavy atom. The van der Waals surface area contributed by atoms with Crippen molar-refractivity contribution in [2.45, 2.75) is 20.4 Å². The minimum absolute atomic E-state index is 0.0120. The van der Waals surface area contributed by atoms with E-state index >= 15 is 0 Å². The Hall–Kier alpha value is -3.80. The first kappa shape index (κ1) is 18.6. The van der Waals surface area contributed by atoms with Gasteiger partial charge in [-0.2, -0.15) is 0 Å². The molecule has 144 valence electrons. The fourth-order valence-corrected chi connectivity index (χ4v) is 3.09. The molecule has 0 saturated heterocycles. The minimum atomic E-state index is -0.240. The Morgan fingerprint density at radius 1 is 0.931 bits per heavy atom. The number of fused-ring (bicyclic) bond motifs is 1. The molecule has 0 aliphatic heterocycles. The van der Waals surface area contributed by atoms with E-state index < -0.39 is 0 Å². The standard InChI is InChI=1S/C23H20N4O2/c1-15-3-5-17(6-4-15)14-27-22-12-9-19(13-21(22)25-26-27)23(29)24-20-10-7-18(8-11-20)16(2)28/h3-13H,14H2,1-2H3,(H,24,29). The quantitative estimate of drug-likeness (QED) is 0.522. The van der Waals surface area contributed by atoms with Crippen LogP contribution in [0.3, 0.4) is 0 Å². The molecule has 0 aliphatic rings. The average Bonchev–Trinajstić information content (AvgIpc) is 3.12. The molecule has 29 heavy (non-hydrogen) atoms. The van der Waals surface area contributed by atoms with Gasteiger partial charge in [0.15, 0.2) is 5.78 Å². The van der Waals surface area contributed by atoms with Crippen LogP contribution in [0.2, 0.25) is 0 Å². The third kappa shape index (κ3) is 4.06. The maximum absolute atomic E-state index is 12.6. The molecule has 1 amide bonds. The van der Waals surface area contributed by atoms with E-state index in [9.17, 15) is 9.59 Å². The SMILES string of the molecule is CC(=O)c1ccc(NC(=O)c2ccc3c(c2)nnn3Cc2ccc(C)cc2)cc1. The number of rotatable bonds is 5. The molecule has 0 spiro atoms. The van der Waals surface area contributed by atoms with Gasteiger partial charge in [-0.25, -0.2) is 4.68 Å². The van der Waals surface area contributed by atoms with E-state index in [1.54, 1.807) is 36.4 Å². The Kier molecular flexibility index (Phi) is 4.91. The van der Waals surface area contributed by atoms with E-state index in [4.69, 9.17) is 0 Å². The van der Waals surface area contributed by atoms with Gasteiger partial charge in [-0.1, -0.05) is 35.0 Å². The normalized spacial score (nSPS) is 10.8. The van der Waals surface area contributed by atoms with E-state index in [1.165, 1.54) is 12.5 Å². The van der Waals surface area contributed by atoms with E-state index in [2.05, 4.69) is 46.8 Å². The molecule has 1 aromatic heterocycles. The summed E-state index contributed by atoms with van der Waals surface area (Å²) in [6.07, 6.45) is 0. The molecule has 0 aliphatic carbocycles. The lowest BCUT2D eigenvalue weighted by Crippen LogP contribution is -2.12. The highest BCUT2D eigenvalue weighted by molar-refractivity contribution is 6.06. The monoisotopic (exact) mass is 384 g/mol. The van der Waals surface area contributed by atoms with Gasteiger partial charge in [0, 0.05) is 16.8 Å². The number of aryl methyl sites for hydroxylation is 1. The van der Waals surface area contributed by atoms with Crippen molar-refractivity contribution >= 4 is 28.4 Å². The summed E-state index contributed by atoms with van der Waals surface area (Å²) in [5, 5.41) is 11.3. The number of carbonyl (C=O) groups excluding carboxylic acids is 2. The summed E-state index contributed by atoms with van der Waals surface area (Å²) in [4.78, 5) is 23.9. The number of hydrogen-bond donors (Lipinski definition) is 1. The minimum Gasteiger partial charge on any atom is -0.322 e. The van der Waals surface area contributed by atoms with Crippen LogP contribution in [0, 0.1) is 6.92 Å². The maximum Gasteiger partial charge on any atom is 0.255 e. The summed E-state index contributed by atoms with van der Waals surface area (Å²) in [6.45, 7) is 4.18. The third-order valence-corrected chi connectivity index (χ3v) is 4.78. The van der Waals surface area contributed by atoms with Crippen LogP contribution in [-0.2, 0) is 6.54 Å². The van der Waals surface area contributed by atoms with Gasteiger partial charge in [-0.15, -0.1) is 5.10 Å². The van der Waals surface area contributed by atoms with Crippen LogP contribution in [0.25, 0.3) is 11.0 Å². The molecule has 1 N–H and O–H groups in total. The molecule has 6 nitrogen and oxygen atoms in total. The van der Waals surface area contributed by atoms with Crippen molar-refractivity contribution in [3.8, 4) is 0 Å². The van der Waals surface area contributed by atoms with Crippen LogP contribution in [0.5, 0.6) is 0 Å². The molecule has 0 atom stereocenters. The number of benzene rings is 3. The Balaban J connectivity index is 1.52. The molecular weight excluding hydrogens is 364 g/mol. The molecule has 0 radical (unpaired) electrons. The molecule has 4 aromatic rings. The number of nitrogens with one attached hydrogen (secondary N) is 1. The summed E-state index contributed by atoms with van der Waals surface area (Å²) in [5.41, 5.74) is 5.61. The van der Waals surface area contributed by atoms with Crippen LogP contribution in [0.4, 0.5) is 5.69 Å². The van der Waals surface area contributed by atoms with Crippen LogP contribution in [0.15, 0.2) is 66.7 Å². The number of hydrogen-bond acceptors (Lipinski definition) is 4. The zero-order chi connectivity index (χ0) is 20.4. The predicted molar refractivity (Wildman–Crippen MR) is 112 cm³/mol. The van der Waals surface area contributed by atoms with Crippen LogP contribution >= 0.6 is 0 Å². The second-order valence-electron chi connectivity index (χ2n) is 7.02. The van der Waals surface area contributed by atoms with Gasteiger partial charge in [0.1, 0.15) is 5.52 Å². The highest BCUT2D eigenvalue weighted by Crippen LogP contribution is 2.17. The second kappa shape index (κ2) is 7.67. The van der Waals surface area contributed by atoms with Crippen molar-refractivity contribution < 1.29 is 9.59 Å². The molecule has 4 rings (SSSR count). The summed E-state index contributed by atoms with van der Waals surface area (Å²) in [7, 11) is 0. The highest BCUT2D eigenvalue weighted by atomic mass is 16.1. The first-order chi connectivity index (χ1) is 14.0. The van der Waals surface area contributed by atoms with Crippen LogP contribution in [0.1, 0.15) is 38.8 Å². The van der Waals surface area contributed by atoms with E-state index in [0.717, 1.165) is 11.1 Å². The second-order valence-corrected chi connectivity index (χ2v) is 7.02. The largest absolute Gasteiger partial charge is 0.322 e. The lowest BCUT2D eigenvalue weighted by atomic mass is 10.1. The topological polar surface area (TPSA) is 76.9 Å². The Bertz CT molecular complexity index is 1190. The molecule has 0 bridgehead atoms. The number of carbonyl (C=O) groups is 2. The average molecular weight is 384 g/mol. The molecule has 3 aromatic carbocycles. The van der Waals surface area contributed by atoms with Gasteiger partial charge in [0.25, 0.3) is 5.91 Å². The lowest BCUT2D eigenvalue weighted by Gasteiger charge is -2.07. The van der Waals surface area contributed by atoms with Crippen LogP contribution < -0.4 is 5.32 Å². The zero-order valence-electron chi connectivity index (χ0n) is 16.2. The highest BCUT2D eigenvalue weighted by Gasteiger charge is 2.11. The van der Waals surface area contributed by atoms with Gasteiger partial charge in [0.05, 0.1) is 12.1 Å². The van der Waals surface area contributed by atoms with Crippen molar-refractivity contribution in [1.29, 1.82) is 0 Å². The Morgan fingerprint density at radius 2 is 1.62 bits per heavy atom. The van der Waals surface area contributed by atoms with Gasteiger partial charge in [0.2, 0.25) is 0 Å². The molecule has 1 heterocycles. The fourth-order valence-electron chi connectivity index (χ4n) is 3.09. The zero-order valence-corrected chi connectivity index (χ0v) is 16.2. The first-order valence-corrected chi connectivity index (χ1v) is 9.31. The number of amides is 1. The van der Waals surface area contributed by atoms with Crippen molar-refractivity contribution in [3.05, 3.63) is 89.0 Å². The van der Waals surface area contributed by atoms with Gasteiger partial charge >= 0.3 is 0 Å². The number of Topliss-reactive ketones (excluding diaryl/α,β-unsaturated/α-hetero) is 1. The lowest BCUT2D eigenvalue weighted by molar-refractivity contribution is 0.101. The Labute approximate surface area is 168 Å². The summed E-state index contributed by atoms with van der Waals surface area (Å²) < 4.78 is 1.82. The molecule has 0 unspecified atom stereocenters. The van der Waals surface area contributed by atoms with Crippen molar-refractivity contribution in [1.82, 2.24) is 15.0 Å².